The molecule has 0 saturated heterocycles. The molecule has 0 aliphatic heterocycles. The molecule has 4 aromatic rings. The number of hydrogen-bond donors (Lipinski definition) is 0. The number of methoxy groups -OCH3 is 1. The first-order valence-corrected chi connectivity index (χ1v) is 11.3. The predicted molar refractivity (Wildman–Crippen MR) is 134 cm³/mol. The van der Waals surface area contributed by atoms with Crippen molar-refractivity contribution < 1.29 is 23.4 Å². The summed E-state index contributed by atoms with van der Waals surface area (Å²) in [6.45, 7) is 4.40. The first-order valence-electron chi connectivity index (χ1n) is 11.3. The Hall–Kier alpha value is -4.12. The summed E-state index contributed by atoms with van der Waals surface area (Å²) in [7, 11) is 1.30. The van der Waals surface area contributed by atoms with Gasteiger partial charge in [-0.1, -0.05) is 60.7 Å². The fraction of sp³-hybridized carbons (Fsp3) is 0.167. The van der Waals surface area contributed by atoms with Crippen molar-refractivity contribution in [2.24, 2.45) is 0 Å². The lowest BCUT2D eigenvalue weighted by Gasteiger charge is -2.17. The number of halogens is 1. The van der Waals surface area contributed by atoms with Crippen LogP contribution in [0.5, 0.6) is 11.5 Å². The van der Waals surface area contributed by atoms with Gasteiger partial charge in [-0.3, -0.25) is 0 Å². The van der Waals surface area contributed by atoms with Gasteiger partial charge >= 0.3 is 5.97 Å². The summed E-state index contributed by atoms with van der Waals surface area (Å²) in [6.07, 6.45) is 0. The van der Waals surface area contributed by atoms with E-state index in [9.17, 15) is 4.79 Å². The van der Waals surface area contributed by atoms with Gasteiger partial charge in [0.2, 0.25) is 0 Å². The molecule has 0 saturated carbocycles. The second-order valence-corrected chi connectivity index (χ2v) is 8.30. The van der Waals surface area contributed by atoms with Crippen molar-refractivity contribution in [2.75, 3.05) is 7.11 Å². The molecule has 178 valence electrons. The molecule has 0 unspecified atom stereocenters. The molecule has 0 radical (unpaired) electrons. The average Bonchev–Trinajstić information content (AvgIpc) is 2.88. The number of hydrogen-bond acceptors (Lipinski definition) is 4. The smallest absolute Gasteiger partial charge is 0.338 e. The van der Waals surface area contributed by atoms with Crippen LogP contribution in [-0.2, 0) is 18.0 Å². The van der Waals surface area contributed by atoms with Gasteiger partial charge in [0.25, 0.3) is 0 Å². The lowest BCUT2D eigenvalue weighted by atomic mass is 9.95. The number of carbonyl (C=O) groups is 1. The molecule has 4 aromatic carbocycles. The molecule has 35 heavy (non-hydrogen) atoms. The maximum atomic E-state index is 15.3. The Balaban J connectivity index is 1.65. The van der Waals surface area contributed by atoms with Gasteiger partial charge in [0, 0.05) is 11.6 Å². The Kier molecular flexibility index (Phi) is 7.46. The Labute approximate surface area is 204 Å². The van der Waals surface area contributed by atoms with Gasteiger partial charge < -0.3 is 14.2 Å². The van der Waals surface area contributed by atoms with E-state index in [0.29, 0.717) is 35.8 Å². The highest BCUT2D eigenvalue weighted by molar-refractivity contribution is 5.98. The molecular weight excluding hydrogens is 443 g/mol. The molecule has 0 aromatic heterocycles. The SMILES string of the molecule is COC(=O)c1cc(OCc2ccccc2)c(C)cc1-c1cc(C)c(OCc2ccccc2)cc1F. The third-order valence-electron chi connectivity index (χ3n) is 5.75. The summed E-state index contributed by atoms with van der Waals surface area (Å²) >= 11 is 0. The Morgan fingerprint density at radius 2 is 1.20 bits per heavy atom. The fourth-order valence-corrected chi connectivity index (χ4v) is 3.84. The van der Waals surface area contributed by atoms with Gasteiger partial charge in [0.05, 0.1) is 12.7 Å². The van der Waals surface area contributed by atoms with E-state index in [4.69, 9.17) is 14.2 Å². The van der Waals surface area contributed by atoms with Crippen LogP contribution in [0, 0.1) is 19.7 Å². The van der Waals surface area contributed by atoms with E-state index in [0.717, 1.165) is 22.3 Å². The molecule has 0 spiro atoms. The highest BCUT2D eigenvalue weighted by Crippen LogP contribution is 2.36. The molecule has 0 bridgehead atoms. The highest BCUT2D eigenvalue weighted by atomic mass is 19.1. The Morgan fingerprint density at radius 3 is 1.71 bits per heavy atom. The van der Waals surface area contributed by atoms with E-state index in [1.165, 1.54) is 13.2 Å². The van der Waals surface area contributed by atoms with Crippen LogP contribution in [0.15, 0.2) is 84.9 Å². The van der Waals surface area contributed by atoms with Crippen molar-refractivity contribution in [1.82, 2.24) is 0 Å². The van der Waals surface area contributed by atoms with Gasteiger partial charge in [-0.2, -0.15) is 0 Å². The summed E-state index contributed by atoms with van der Waals surface area (Å²) in [5, 5.41) is 0. The number of rotatable bonds is 8. The van der Waals surface area contributed by atoms with Crippen LogP contribution in [0.2, 0.25) is 0 Å². The standard InChI is InChI=1S/C30H27FO4/c1-20-14-24(26(30(32)33-3)16-28(20)34-18-22-10-6-4-7-11-22)25-15-21(2)29(17-27(25)31)35-19-23-12-8-5-9-13-23/h4-17H,18-19H2,1-3H3. The van der Waals surface area contributed by atoms with E-state index in [1.54, 1.807) is 18.2 Å². The lowest BCUT2D eigenvalue weighted by Crippen LogP contribution is -2.07. The maximum Gasteiger partial charge on any atom is 0.338 e. The fourth-order valence-electron chi connectivity index (χ4n) is 3.84. The molecule has 5 heteroatoms. The number of aryl methyl sites for hydroxylation is 2. The number of ether oxygens (including phenoxy) is 3. The van der Waals surface area contributed by atoms with Crippen LogP contribution in [0.3, 0.4) is 0 Å². The first-order chi connectivity index (χ1) is 17.0. The summed E-state index contributed by atoms with van der Waals surface area (Å²) in [5.74, 6) is -0.0561. The summed E-state index contributed by atoms with van der Waals surface area (Å²) in [6, 6.07) is 25.9. The van der Waals surface area contributed by atoms with Crippen molar-refractivity contribution in [3.63, 3.8) is 0 Å². The molecule has 0 heterocycles. The van der Waals surface area contributed by atoms with Crippen LogP contribution >= 0.6 is 0 Å². The molecule has 0 amide bonds. The third-order valence-corrected chi connectivity index (χ3v) is 5.75. The molecule has 4 rings (SSSR count). The quantitative estimate of drug-likeness (QED) is 0.259. The minimum Gasteiger partial charge on any atom is -0.489 e. The lowest BCUT2D eigenvalue weighted by molar-refractivity contribution is 0.0601. The number of esters is 1. The second-order valence-electron chi connectivity index (χ2n) is 8.30. The minimum atomic E-state index is -0.564. The van der Waals surface area contributed by atoms with Crippen LogP contribution < -0.4 is 9.47 Å². The zero-order valence-corrected chi connectivity index (χ0v) is 20.0. The second kappa shape index (κ2) is 10.9. The van der Waals surface area contributed by atoms with E-state index in [1.807, 2.05) is 74.5 Å². The minimum absolute atomic E-state index is 0.234. The molecule has 0 aliphatic rings. The predicted octanol–water partition coefficient (Wildman–Crippen LogP) is 7.05. The summed E-state index contributed by atoms with van der Waals surface area (Å²) in [4.78, 5) is 12.6. The Morgan fingerprint density at radius 1 is 0.714 bits per heavy atom. The number of benzene rings is 4. The summed E-state index contributed by atoms with van der Waals surface area (Å²) < 4.78 is 32.2. The zero-order valence-electron chi connectivity index (χ0n) is 20.0. The van der Waals surface area contributed by atoms with Crippen molar-refractivity contribution in [3.8, 4) is 22.6 Å². The van der Waals surface area contributed by atoms with E-state index in [-0.39, 0.29) is 5.56 Å². The van der Waals surface area contributed by atoms with Gasteiger partial charge in [-0.15, -0.1) is 0 Å². The van der Waals surface area contributed by atoms with Gasteiger partial charge in [-0.05, 0) is 59.9 Å². The number of carbonyl (C=O) groups excluding carboxylic acids is 1. The largest absolute Gasteiger partial charge is 0.489 e. The zero-order chi connectivity index (χ0) is 24.8. The van der Waals surface area contributed by atoms with Crippen LogP contribution in [0.4, 0.5) is 4.39 Å². The monoisotopic (exact) mass is 470 g/mol. The van der Waals surface area contributed by atoms with Gasteiger partial charge in [-0.25, -0.2) is 9.18 Å². The van der Waals surface area contributed by atoms with Crippen molar-refractivity contribution in [1.29, 1.82) is 0 Å². The summed E-state index contributed by atoms with van der Waals surface area (Å²) in [5.41, 5.74) is 4.51. The van der Waals surface area contributed by atoms with Crippen molar-refractivity contribution in [2.45, 2.75) is 27.1 Å². The Bertz CT molecular complexity index is 1320. The van der Waals surface area contributed by atoms with Crippen LogP contribution in [0.1, 0.15) is 32.6 Å². The molecule has 0 aliphatic carbocycles. The van der Waals surface area contributed by atoms with E-state index in [2.05, 4.69) is 0 Å². The molecule has 0 fully saturated rings. The molecular formula is C30H27FO4. The highest BCUT2D eigenvalue weighted by Gasteiger charge is 2.21. The maximum absolute atomic E-state index is 15.3. The van der Waals surface area contributed by atoms with E-state index < -0.39 is 11.8 Å². The van der Waals surface area contributed by atoms with Gasteiger partial charge in [0.1, 0.15) is 30.5 Å². The van der Waals surface area contributed by atoms with Crippen LogP contribution in [-0.4, -0.2) is 13.1 Å². The normalized spacial score (nSPS) is 10.6. The average molecular weight is 471 g/mol. The van der Waals surface area contributed by atoms with Crippen molar-refractivity contribution in [3.05, 3.63) is 119 Å². The van der Waals surface area contributed by atoms with Crippen LogP contribution in [0.25, 0.3) is 11.1 Å². The van der Waals surface area contributed by atoms with Gasteiger partial charge in [0.15, 0.2) is 0 Å². The molecule has 4 nitrogen and oxygen atoms in total. The topological polar surface area (TPSA) is 44.8 Å². The third kappa shape index (κ3) is 5.69. The van der Waals surface area contributed by atoms with E-state index >= 15 is 4.39 Å². The first kappa shape index (κ1) is 24.0. The van der Waals surface area contributed by atoms with Crippen molar-refractivity contribution >= 4 is 5.97 Å². The molecule has 0 atom stereocenters. The molecule has 0 N–H and O–H groups in total.